The van der Waals surface area contributed by atoms with Crippen LogP contribution in [-0.4, -0.2) is 22.2 Å². The van der Waals surface area contributed by atoms with Crippen molar-refractivity contribution in [2.24, 2.45) is 11.5 Å². The highest BCUT2D eigenvalue weighted by Crippen LogP contribution is 2.21. The minimum atomic E-state index is -1.30. The molecule has 0 amide bonds. The van der Waals surface area contributed by atoms with E-state index in [1.165, 1.54) is 31.2 Å². The summed E-state index contributed by atoms with van der Waals surface area (Å²) in [4.78, 5) is 11.9. The van der Waals surface area contributed by atoms with Gasteiger partial charge in [0, 0.05) is 5.54 Å². The van der Waals surface area contributed by atoms with E-state index in [9.17, 15) is 4.79 Å². The van der Waals surface area contributed by atoms with Gasteiger partial charge in [-0.3, -0.25) is 0 Å². The lowest BCUT2D eigenvalue weighted by Crippen LogP contribution is -2.66. The van der Waals surface area contributed by atoms with Crippen LogP contribution < -0.4 is 16.2 Å². The normalized spacial score (nSPS) is 15.1. The third-order valence-corrected chi connectivity index (χ3v) is 2.81. The first-order valence-corrected chi connectivity index (χ1v) is 5.23. The molecule has 0 radical (unpaired) electrons. The molecule has 1 aromatic rings. The lowest BCUT2D eigenvalue weighted by molar-refractivity contribution is -0.142. The summed E-state index contributed by atoms with van der Waals surface area (Å²) >= 11 is 0. The molecule has 0 aliphatic carbocycles. The first kappa shape index (κ1) is 13.5. The van der Waals surface area contributed by atoms with Gasteiger partial charge < -0.3 is 21.3 Å². The molecule has 0 saturated carbocycles. The van der Waals surface area contributed by atoms with Gasteiger partial charge in [0.15, 0.2) is 0 Å². The molecule has 0 aliphatic rings. The highest BCUT2D eigenvalue weighted by molar-refractivity contribution is 5.84. The Kier molecular flexibility index (Phi) is 3.45. The summed E-state index contributed by atoms with van der Waals surface area (Å²) in [6.45, 7) is 4.84. The van der Waals surface area contributed by atoms with E-state index >= 15 is 0 Å². The van der Waals surface area contributed by atoms with Crippen LogP contribution in [0.3, 0.4) is 0 Å². The largest absolute Gasteiger partial charge is 0.508 e. The molecule has 1 aromatic carbocycles. The third-order valence-electron chi connectivity index (χ3n) is 2.81. The van der Waals surface area contributed by atoms with Crippen molar-refractivity contribution in [1.82, 2.24) is 0 Å². The fraction of sp³-hybridized carbons (Fsp3) is 0.417. The summed E-state index contributed by atoms with van der Waals surface area (Å²) in [6, 6.07) is 5.80. The zero-order chi connectivity index (χ0) is 13.3. The molecule has 1 atom stereocenters. The number of carbonyl (C=O) groups is 1. The van der Waals surface area contributed by atoms with Crippen molar-refractivity contribution in [1.29, 1.82) is 0 Å². The van der Waals surface area contributed by atoms with Gasteiger partial charge in [-0.1, -0.05) is 0 Å². The molecular weight excluding hydrogens is 220 g/mol. The molecule has 5 N–H and O–H groups in total. The number of esters is 1. The molecule has 0 spiro atoms. The minimum absolute atomic E-state index is 0.0967. The number of phenols is 1. The summed E-state index contributed by atoms with van der Waals surface area (Å²) in [7, 11) is 0. The van der Waals surface area contributed by atoms with E-state index in [1.807, 2.05) is 0 Å². The maximum Gasteiger partial charge on any atom is 0.333 e. The minimum Gasteiger partial charge on any atom is -0.508 e. The molecule has 5 heteroatoms. The Morgan fingerprint density at radius 3 is 2.06 bits per heavy atom. The van der Waals surface area contributed by atoms with Crippen molar-refractivity contribution in [3.63, 3.8) is 0 Å². The third kappa shape index (κ3) is 2.95. The molecule has 0 saturated heterocycles. The van der Waals surface area contributed by atoms with Gasteiger partial charge in [-0.05, 0) is 45.0 Å². The number of nitrogens with two attached hydrogens (primary N) is 2. The van der Waals surface area contributed by atoms with Crippen LogP contribution in [0.1, 0.15) is 20.8 Å². The second kappa shape index (κ2) is 4.35. The van der Waals surface area contributed by atoms with Crippen LogP contribution in [0.5, 0.6) is 11.5 Å². The fourth-order valence-corrected chi connectivity index (χ4v) is 0.990. The number of aromatic hydroxyl groups is 1. The molecule has 1 rings (SSSR count). The van der Waals surface area contributed by atoms with Gasteiger partial charge in [0.2, 0.25) is 0 Å². The van der Waals surface area contributed by atoms with Gasteiger partial charge in [0.1, 0.15) is 17.0 Å². The van der Waals surface area contributed by atoms with Crippen molar-refractivity contribution < 1.29 is 14.6 Å². The van der Waals surface area contributed by atoms with Gasteiger partial charge in [-0.15, -0.1) is 0 Å². The average Bonchev–Trinajstić information content (AvgIpc) is 2.19. The number of carbonyl (C=O) groups excluding carboxylic acids is 1. The predicted molar refractivity (Wildman–Crippen MR) is 64.6 cm³/mol. The number of hydrogen-bond acceptors (Lipinski definition) is 5. The zero-order valence-corrected chi connectivity index (χ0v) is 10.2. The van der Waals surface area contributed by atoms with Crippen LogP contribution in [0.15, 0.2) is 24.3 Å². The summed E-state index contributed by atoms with van der Waals surface area (Å²) in [5.74, 6) is -0.205. The van der Waals surface area contributed by atoms with Crippen molar-refractivity contribution in [2.75, 3.05) is 0 Å². The van der Waals surface area contributed by atoms with Crippen LogP contribution in [0.25, 0.3) is 0 Å². The van der Waals surface area contributed by atoms with Gasteiger partial charge in [0.25, 0.3) is 0 Å². The lowest BCUT2D eigenvalue weighted by Gasteiger charge is -2.35. The monoisotopic (exact) mass is 238 g/mol. The van der Waals surface area contributed by atoms with Gasteiger partial charge in [-0.2, -0.15) is 0 Å². The van der Waals surface area contributed by atoms with E-state index < -0.39 is 17.0 Å². The van der Waals surface area contributed by atoms with Crippen LogP contribution >= 0.6 is 0 Å². The Morgan fingerprint density at radius 1 is 1.18 bits per heavy atom. The van der Waals surface area contributed by atoms with Gasteiger partial charge in [0.05, 0.1) is 0 Å². The predicted octanol–water partition coefficient (Wildman–Crippen LogP) is 0.752. The Hall–Kier alpha value is -1.59. The van der Waals surface area contributed by atoms with Crippen molar-refractivity contribution in [3.05, 3.63) is 24.3 Å². The molecule has 94 valence electrons. The Morgan fingerprint density at radius 2 is 1.65 bits per heavy atom. The second-order valence-corrected chi connectivity index (χ2v) is 4.81. The second-order valence-electron chi connectivity index (χ2n) is 4.81. The van der Waals surface area contributed by atoms with E-state index in [4.69, 9.17) is 21.3 Å². The summed E-state index contributed by atoms with van der Waals surface area (Å²) in [5.41, 5.74) is 9.49. The standard InChI is InChI=1S/C12H18N2O3/c1-11(2,13)12(3,14)10(16)17-9-6-4-8(15)5-7-9/h4-7,15H,13-14H2,1-3H3. The maximum absolute atomic E-state index is 11.9. The summed E-state index contributed by atoms with van der Waals surface area (Å²) in [5, 5.41) is 9.09. The molecule has 0 aromatic heterocycles. The summed E-state index contributed by atoms with van der Waals surface area (Å²) in [6.07, 6.45) is 0. The molecule has 0 bridgehead atoms. The first-order valence-electron chi connectivity index (χ1n) is 5.23. The smallest absolute Gasteiger partial charge is 0.333 e. The number of hydrogen-bond donors (Lipinski definition) is 3. The topological polar surface area (TPSA) is 98.6 Å². The van der Waals surface area contributed by atoms with Crippen LogP contribution in [0.2, 0.25) is 0 Å². The molecule has 1 unspecified atom stereocenters. The molecule has 0 aliphatic heterocycles. The van der Waals surface area contributed by atoms with Crippen LogP contribution in [-0.2, 0) is 4.79 Å². The fourth-order valence-electron chi connectivity index (χ4n) is 0.990. The van der Waals surface area contributed by atoms with E-state index in [1.54, 1.807) is 13.8 Å². The number of rotatable bonds is 3. The van der Waals surface area contributed by atoms with E-state index in [-0.39, 0.29) is 5.75 Å². The highest BCUT2D eigenvalue weighted by Gasteiger charge is 2.43. The number of ether oxygens (including phenoxy) is 1. The maximum atomic E-state index is 11.9. The average molecular weight is 238 g/mol. The van der Waals surface area contributed by atoms with Crippen molar-refractivity contribution in [2.45, 2.75) is 31.8 Å². The summed E-state index contributed by atoms with van der Waals surface area (Å²) < 4.78 is 5.11. The first-order chi connectivity index (χ1) is 7.64. The molecular formula is C12H18N2O3. The van der Waals surface area contributed by atoms with E-state index in [2.05, 4.69) is 0 Å². The van der Waals surface area contributed by atoms with Gasteiger partial charge in [-0.25, -0.2) is 4.79 Å². The van der Waals surface area contributed by atoms with Crippen molar-refractivity contribution >= 4 is 5.97 Å². The van der Waals surface area contributed by atoms with E-state index in [0.29, 0.717) is 5.75 Å². The SMILES string of the molecule is CC(C)(N)C(C)(N)C(=O)Oc1ccc(O)cc1. The Labute approximate surface area is 100 Å². The van der Waals surface area contributed by atoms with Gasteiger partial charge >= 0.3 is 5.97 Å². The number of benzene rings is 1. The van der Waals surface area contributed by atoms with Crippen LogP contribution in [0.4, 0.5) is 0 Å². The zero-order valence-electron chi connectivity index (χ0n) is 10.2. The molecule has 5 nitrogen and oxygen atoms in total. The Bertz CT molecular complexity index is 405. The van der Waals surface area contributed by atoms with E-state index in [0.717, 1.165) is 0 Å². The highest BCUT2D eigenvalue weighted by atomic mass is 16.5. The molecule has 0 heterocycles. The lowest BCUT2D eigenvalue weighted by atomic mass is 9.83. The Balaban J connectivity index is 2.83. The quantitative estimate of drug-likeness (QED) is 0.533. The molecule has 17 heavy (non-hydrogen) atoms. The number of phenolic OH excluding ortho intramolecular Hbond substituents is 1. The van der Waals surface area contributed by atoms with Crippen molar-refractivity contribution in [3.8, 4) is 11.5 Å². The van der Waals surface area contributed by atoms with Crippen LogP contribution in [0, 0.1) is 0 Å². The molecule has 0 fully saturated rings.